The number of hydrogen-bond donors (Lipinski definition) is 0. The van der Waals surface area contributed by atoms with Crippen molar-refractivity contribution in [2.24, 2.45) is 5.92 Å². The molecule has 2 aromatic rings. The Labute approximate surface area is 128 Å². The summed E-state index contributed by atoms with van der Waals surface area (Å²) in [4.78, 5) is 5.65. The zero-order valence-electron chi connectivity index (χ0n) is 10.9. The maximum absolute atomic E-state index is 6.20. The van der Waals surface area contributed by atoms with E-state index in [1.807, 2.05) is 23.7 Å². The van der Waals surface area contributed by atoms with Gasteiger partial charge in [0, 0.05) is 15.8 Å². The van der Waals surface area contributed by atoms with Crippen molar-refractivity contribution in [2.75, 3.05) is 5.88 Å². The molecule has 1 aromatic heterocycles. The first-order chi connectivity index (χ1) is 9.20. The molecule has 0 aliphatic carbocycles. The zero-order valence-corrected chi connectivity index (χ0v) is 13.2. The van der Waals surface area contributed by atoms with Gasteiger partial charge in [0.15, 0.2) is 0 Å². The Morgan fingerprint density at radius 1 is 1.32 bits per heavy atom. The molecule has 19 heavy (non-hydrogen) atoms. The molecule has 2 rings (SSSR count). The van der Waals surface area contributed by atoms with Gasteiger partial charge in [0.05, 0.1) is 11.2 Å². The highest BCUT2D eigenvalue weighted by atomic mass is 35.5. The molecule has 1 atom stereocenters. The molecule has 0 saturated heterocycles. The monoisotopic (exact) mass is 313 g/mol. The molecular formula is C15H17Cl2NS. The molecule has 0 amide bonds. The number of alkyl halides is 1. The van der Waals surface area contributed by atoms with Gasteiger partial charge in [-0.05, 0) is 43.7 Å². The zero-order chi connectivity index (χ0) is 13.7. The summed E-state index contributed by atoms with van der Waals surface area (Å²) in [5.41, 5.74) is 4.25. The van der Waals surface area contributed by atoms with Crippen LogP contribution in [0.2, 0.25) is 5.02 Å². The highest BCUT2D eigenvalue weighted by Crippen LogP contribution is 2.24. The second-order valence-corrected chi connectivity index (χ2v) is 6.37. The van der Waals surface area contributed by atoms with Gasteiger partial charge in [-0.3, -0.25) is 0 Å². The van der Waals surface area contributed by atoms with Crippen LogP contribution in [-0.4, -0.2) is 10.9 Å². The van der Waals surface area contributed by atoms with Crippen molar-refractivity contribution >= 4 is 34.5 Å². The van der Waals surface area contributed by atoms with Crippen LogP contribution in [-0.2, 0) is 12.8 Å². The molecule has 102 valence electrons. The van der Waals surface area contributed by atoms with Gasteiger partial charge in [-0.1, -0.05) is 29.8 Å². The van der Waals surface area contributed by atoms with Crippen LogP contribution < -0.4 is 0 Å². The maximum atomic E-state index is 6.20. The van der Waals surface area contributed by atoms with E-state index in [0.29, 0.717) is 11.8 Å². The van der Waals surface area contributed by atoms with Gasteiger partial charge in [-0.15, -0.1) is 22.9 Å². The standard InChI is InChI=1S/C15H17Cl2NS/c1-11-15(19-10-18-11)7-6-12(9-16)8-13-4-2-3-5-14(13)17/h2-5,10,12H,6-9H2,1H3. The van der Waals surface area contributed by atoms with Crippen molar-refractivity contribution < 1.29 is 0 Å². The summed E-state index contributed by atoms with van der Waals surface area (Å²) in [7, 11) is 0. The van der Waals surface area contributed by atoms with E-state index >= 15 is 0 Å². The third-order valence-corrected chi connectivity index (χ3v) is 5.11. The Balaban J connectivity index is 1.94. The number of thiazole rings is 1. The Hall–Kier alpha value is -0.570. The topological polar surface area (TPSA) is 12.9 Å². The summed E-state index contributed by atoms with van der Waals surface area (Å²) < 4.78 is 0. The third kappa shape index (κ3) is 4.20. The molecule has 0 fully saturated rings. The molecule has 4 heteroatoms. The van der Waals surface area contributed by atoms with Gasteiger partial charge < -0.3 is 0 Å². The average Bonchev–Trinajstić information content (AvgIpc) is 2.82. The van der Waals surface area contributed by atoms with Gasteiger partial charge >= 0.3 is 0 Å². The van der Waals surface area contributed by atoms with E-state index in [4.69, 9.17) is 23.2 Å². The summed E-state index contributed by atoms with van der Waals surface area (Å²) in [5.74, 6) is 1.13. The summed E-state index contributed by atoms with van der Waals surface area (Å²) in [5, 5.41) is 0.839. The molecule has 0 spiro atoms. The van der Waals surface area contributed by atoms with Crippen LogP contribution in [0.4, 0.5) is 0 Å². The largest absolute Gasteiger partial charge is 0.250 e. The van der Waals surface area contributed by atoms with Crippen LogP contribution in [0.3, 0.4) is 0 Å². The minimum absolute atomic E-state index is 0.461. The lowest BCUT2D eigenvalue weighted by molar-refractivity contribution is 0.538. The first-order valence-electron chi connectivity index (χ1n) is 6.39. The fourth-order valence-corrected chi connectivity index (χ4v) is 3.38. The van der Waals surface area contributed by atoms with Crippen LogP contribution in [0.5, 0.6) is 0 Å². The minimum atomic E-state index is 0.461. The highest BCUT2D eigenvalue weighted by molar-refractivity contribution is 7.09. The van der Waals surface area contributed by atoms with Crippen molar-refractivity contribution in [1.29, 1.82) is 0 Å². The maximum Gasteiger partial charge on any atom is 0.0797 e. The van der Waals surface area contributed by atoms with Crippen molar-refractivity contribution in [2.45, 2.75) is 26.2 Å². The van der Waals surface area contributed by atoms with Crippen LogP contribution in [0.15, 0.2) is 29.8 Å². The second-order valence-electron chi connectivity index (χ2n) is 4.72. The third-order valence-electron chi connectivity index (χ3n) is 3.31. The van der Waals surface area contributed by atoms with E-state index in [1.165, 1.54) is 10.4 Å². The fourth-order valence-electron chi connectivity index (χ4n) is 2.11. The van der Waals surface area contributed by atoms with E-state index < -0.39 is 0 Å². The Kier molecular flexibility index (Phi) is 5.68. The van der Waals surface area contributed by atoms with Gasteiger partial charge in [-0.25, -0.2) is 4.98 Å². The normalized spacial score (nSPS) is 12.6. The highest BCUT2D eigenvalue weighted by Gasteiger charge is 2.12. The lowest BCUT2D eigenvalue weighted by Crippen LogP contribution is -2.08. The SMILES string of the molecule is Cc1ncsc1CCC(CCl)Cc1ccccc1Cl. The molecule has 0 aliphatic heterocycles. The van der Waals surface area contributed by atoms with Gasteiger partial charge in [0.1, 0.15) is 0 Å². The molecule has 0 N–H and O–H groups in total. The number of benzene rings is 1. The summed E-state index contributed by atoms with van der Waals surface area (Å²) in [6.45, 7) is 2.07. The molecule has 0 radical (unpaired) electrons. The Morgan fingerprint density at radius 3 is 2.74 bits per heavy atom. The Morgan fingerprint density at radius 2 is 2.11 bits per heavy atom. The number of aromatic nitrogens is 1. The predicted octanol–water partition coefficient (Wildman–Crippen LogP) is 5.14. The number of aryl methyl sites for hydroxylation is 2. The lowest BCUT2D eigenvalue weighted by atomic mass is 9.96. The van der Waals surface area contributed by atoms with Crippen LogP contribution in [0.25, 0.3) is 0 Å². The molecule has 1 nitrogen and oxygen atoms in total. The molecule has 0 bridgehead atoms. The fraction of sp³-hybridized carbons (Fsp3) is 0.400. The van der Waals surface area contributed by atoms with E-state index in [-0.39, 0.29) is 0 Å². The minimum Gasteiger partial charge on any atom is -0.250 e. The van der Waals surface area contributed by atoms with Crippen molar-refractivity contribution in [3.05, 3.63) is 50.9 Å². The van der Waals surface area contributed by atoms with E-state index in [1.54, 1.807) is 11.3 Å². The van der Waals surface area contributed by atoms with E-state index in [0.717, 1.165) is 30.0 Å². The van der Waals surface area contributed by atoms with Crippen LogP contribution in [0, 0.1) is 12.8 Å². The van der Waals surface area contributed by atoms with Crippen LogP contribution in [0.1, 0.15) is 22.6 Å². The van der Waals surface area contributed by atoms with Gasteiger partial charge in [0.2, 0.25) is 0 Å². The molecule has 1 aromatic carbocycles. The predicted molar refractivity (Wildman–Crippen MR) is 84.5 cm³/mol. The number of nitrogens with zero attached hydrogens (tertiary/aromatic N) is 1. The summed E-state index contributed by atoms with van der Waals surface area (Å²) >= 11 is 14.0. The first kappa shape index (κ1) is 14.8. The van der Waals surface area contributed by atoms with Crippen molar-refractivity contribution in [3.8, 4) is 0 Å². The molecule has 1 heterocycles. The van der Waals surface area contributed by atoms with E-state index in [9.17, 15) is 0 Å². The smallest absolute Gasteiger partial charge is 0.0797 e. The van der Waals surface area contributed by atoms with Gasteiger partial charge in [0.25, 0.3) is 0 Å². The van der Waals surface area contributed by atoms with Crippen LogP contribution >= 0.6 is 34.5 Å². The van der Waals surface area contributed by atoms with Gasteiger partial charge in [-0.2, -0.15) is 0 Å². The van der Waals surface area contributed by atoms with E-state index in [2.05, 4.69) is 18.0 Å². The average molecular weight is 314 g/mol. The quantitative estimate of drug-likeness (QED) is 0.673. The molecular weight excluding hydrogens is 297 g/mol. The molecule has 0 saturated carbocycles. The van der Waals surface area contributed by atoms with Crippen molar-refractivity contribution in [1.82, 2.24) is 4.98 Å². The lowest BCUT2D eigenvalue weighted by Gasteiger charge is -2.14. The number of hydrogen-bond acceptors (Lipinski definition) is 2. The summed E-state index contributed by atoms with van der Waals surface area (Å²) in [6.07, 6.45) is 3.08. The molecule has 1 unspecified atom stereocenters. The summed E-state index contributed by atoms with van der Waals surface area (Å²) in [6, 6.07) is 8.01. The second kappa shape index (κ2) is 7.28. The number of halogens is 2. The number of rotatable bonds is 6. The van der Waals surface area contributed by atoms with Crippen molar-refractivity contribution in [3.63, 3.8) is 0 Å². The Bertz CT molecular complexity index is 524. The first-order valence-corrected chi connectivity index (χ1v) is 8.18. The molecule has 0 aliphatic rings.